The van der Waals surface area contributed by atoms with Crippen LogP contribution < -0.4 is 11.1 Å². The fourth-order valence-electron chi connectivity index (χ4n) is 1.90. The average molecular weight is 305 g/mol. The van der Waals surface area contributed by atoms with Gasteiger partial charge < -0.3 is 11.1 Å². The van der Waals surface area contributed by atoms with Crippen molar-refractivity contribution in [3.05, 3.63) is 52.5 Å². The van der Waals surface area contributed by atoms with Gasteiger partial charge in [-0.3, -0.25) is 0 Å². The van der Waals surface area contributed by atoms with Gasteiger partial charge in [-0.25, -0.2) is 0 Å². The van der Waals surface area contributed by atoms with Crippen LogP contribution in [0.2, 0.25) is 0 Å². The molecule has 2 rings (SSSR count). The van der Waals surface area contributed by atoms with E-state index in [2.05, 4.69) is 53.3 Å². The topological polar surface area (TPSA) is 38.0 Å². The van der Waals surface area contributed by atoms with E-state index in [9.17, 15) is 0 Å². The Hall–Kier alpha value is -1.48. The predicted octanol–water partition coefficient (Wildman–Crippen LogP) is 4.90. The number of benzene rings is 2. The molecule has 0 radical (unpaired) electrons. The highest BCUT2D eigenvalue weighted by molar-refractivity contribution is 9.10. The number of rotatable bonds is 3. The monoisotopic (exact) mass is 304 g/mol. The number of nitrogens with two attached hydrogens (primary N) is 1. The number of hydrogen-bond acceptors (Lipinski definition) is 2. The molecule has 0 amide bonds. The van der Waals surface area contributed by atoms with Crippen LogP contribution in [0.15, 0.2) is 46.9 Å². The van der Waals surface area contributed by atoms with E-state index in [1.165, 1.54) is 5.56 Å². The molecule has 0 aliphatic rings. The number of nitrogens with one attached hydrogen (secondary N) is 1. The van der Waals surface area contributed by atoms with Gasteiger partial charge in [-0.1, -0.05) is 48.0 Å². The quantitative estimate of drug-likeness (QED) is 0.792. The van der Waals surface area contributed by atoms with Crippen molar-refractivity contribution in [1.29, 1.82) is 0 Å². The lowest BCUT2D eigenvalue weighted by molar-refractivity contribution is 0.869. The Kier molecular flexibility index (Phi) is 3.92. The van der Waals surface area contributed by atoms with Crippen LogP contribution in [-0.4, -0.2) is 0 Å². The molecule has 3 N–H and O–H groups in total. The van der Waals surface area contributed by atoms with Crippen LogP contribution in [0, 0.1) is 0 Å². The fourth-order valence-corrected chi connectivity index (χ4v) is 2.26. The van der Waals surface area contributed by atoms with Crippen molar-refractivity contribution in [2.45, 2.75) is 19.8 Å². The van der Waals surface area contributed by atoms with Crippen molar-refractivity contribution in [1.82, 2.24) is 0 Å². The second kappa shape index (κ2) is 5.44. The first-order valence-corrected chi connectivity index (χ1v) is 6.78. The van der Waals surface area contributed by atoms with Crippen molar-refractivity contribution in [2.75, 3.05) is 11.1 Å². The number of nitrogen functional groups attached to an aromatic ring is 1. The van der Waals surface area contributed by atoms with Gasteiger partial charge in [0.25, 0.3) is 0 Å². The van der Waals surface area contributed by atoms with Crippen LogP contribution in [0.1, 0.15) is 25.3 Å². The summed E-state index contributed by atoms with van der Waals surface area (Å²) in [5.41, 5.74) is 10.1. The van der Waals surface area contributed by atoms with Crippen LogP contribution in [0.5, 0.6) is 0 Å². The number of anilines is 3. The molecular formula is C15H17BrN2. The van der Waals surface area contributed by atoms with E-state index >= 15 is 0 Å². The Morgan fingerprint density at radius 1 is 1.06 bits per heavy atom. The second-order valence-corrected chi connectivity index (χ2v) is 5.51. The van der Waals surface area contributed by atoms with Crippen molar-refractivity contribution in [2.24, 2.45) is 0 Å². The number of hydrogen-bond donors (Lipinski definition) is 2. The summed E-state index contributed by atoms with van der Waals surface area (Å²) in [5, 5.41) is 3.41. The lowest BCUT2D eigenvalue weighted by Crippen LogP contribution is -2.00. The van der Waals surface area contributed by atoms with E-state index in [0.717, 1.165) is 21.5 Å². The third-order valence-electron chi connectivity index (χ3n) is 2.87. The zero-order chi connectivity index (χ0) is 13.1. The van der Waals surface area contributed by atoms with Crippen molar-refractivity contribution >= 4 is 33.0 Å². The highest BCUT2D eigenvalue weighted by atomic mass is 79.9. The molecule has 0 saturated heterocycles. The van der Waals surface area contributed by atoms with Crippen LogP contribution in [0.3, 0.4) is 0 Å². The Morgan fingerprint density at radius 2 is 1.78 bits per heavy atom. The SMILES string of the molecule is CC(C)c1ccccc1Nc1cc(Br)ccc1N. The molecular weight excluding hydrogens is 288 g/mol. The molecule has 0 aliphatic carbocycles. The van der Waals surface area contributed by atoms with Crippen LogP contribution in [0.4, 0.5) is 17.1 Å². The molecule has 0 fully saturated rings. The first-order chi connectivity index (χ1) is 8.58. The lowest BCUT2D eigenvalue weighted by Gasteiger charge is -2.16. The summed E-state index contributed by atoms with van der Waals surface area (Å²) in [5.74, 6) is 0.474. The van der Waals surface area contributed by atoms with Crippen molar-refractivity contribution in [3.8, 4) is 0 Å². The summed E-state index contributed by atoms with van der Waals surface area (Å²) < 4.78 is 1.02. The Bertz CT molecular complexity index is 550. The molecule has 2 aromatic rings. The lowest BCUT2D eigenvalue weighted by atomic mass is 10.0. The van der Waals surface area contributed by atoms with E-state index in [0.29, 0.717) is 5.92 Å². The first kappa shape index (κ1) is 13.0. The summed E-state index contributed by atoms with van der Waals surface area (Å²) in [4.78, 5) is 0. The smallest absolute Gasteiger partial charge is 0.0629 e. The fraction of sp³-hybridized carbons (Fsp3) is 0.200. The van der Waals surface area contributed by atoms with Crippen LogP contribution >= 0.6 is 15.9 Å². The molecule has 0 heterocycles. The summed E-state index contributed by atoms with van der Waals surface area (Å²) in [6, 6.07) is 14.1. The van der Waals surface area contributed by atoms with Gasteiger partial charge in [0.05, 0.1) is 11.4 Å². The molecule has 2 nitrogen and oxygen atoms in total. The number of para-hydroxylation sites is 1. The molecule has 0 bridgehead atoms. The third-order valence-corrected chi connectivity index (χ3v) is 3.36. The van der Waals surface area contributed by atoms with Crippen LogP contribution in [0.25, 0.3) is 0 Å². The molecule has 0 unspecified atom stereocenters. The molecule has 0 atom stereocenters. The highest BCUT2D eigenvalue weighted by Gasteiger charge is 2.07. The minimum Gasteiger partial charge on any atom is -0.397 e. The maximum atomic E-state index is 5.98. The van der Waals surface area contributed by atoms with Gasteiger partial charge in [0.1, 0.15) is 0 Å². The van der Waals surface area contributed by atoms with Gasteiger partial charge >= 0.3 is 0 Å². The maximum Gasteiger partial charge on any atom is 0.0629 e. The standard InChI is InChI=1S/C15H17BrN2/c1-10(2)12-5-3-4-6-14(12)18-15-9-11(16)7-8-13(15)17/h3-10,18H,17H2,1-2H3. The van der Waals surface area contributed by atoms with Gasteiger partial charge in [-0.05, 0) is 35.7 Å². The average Bonchev–Trinajstić information content (AvgIpc) is 2.34. The first-order valence-electron chi connectivity index (χ1n) is 5.99. The largest absolute Gasteiger partial charge is 0.397 e. The van der Waals surface area contributed by atoms with Crippen molar-refractivity contribution in [3.63, 3.8) is 0 Å². The molecule has 0 aromatic heterocycles. The Labute approximate surface area is 116 Å². The van der Waals surface area contributed by atoms with E-state index in [1.807, 2.05) is 24.3 Å². The zero-order valence-electron chi connectivity index (χ0n) is 10.6. The molecule has 94 valence electrons. The van der Waals surface area contributed by atoms with Gasteiger partial charge in [0.2, 0.25) is 0 Å². The van der Waals surface area contributed by atoms with E-state index < -0.39 is 0 Å². The molecule has 18 heavy (non-hydrogen) atoms. The molecule has 0 spiro atoms. The minimum absolute atomic E-state index is 0.474. The van der Waals surface area contributed by atoms with Crippen molar-refractivity contribution < 1.29 is 0 Å². The minimum atomic E-state index is 0.474. The van der Waals surface area contributed by atoms with Gasteiger partial charge in [0.15, 0.2) is 0 Å². The third kappa shape index (κ3) is 2.85. The normalized spacial score (nSPS) is 10.7. The van der Waals surface area contributed by atoms with Gasteiger partial charge in [0, 0.05) is 10.2 Å². The van der Waals surface area contributed by atoms with E-state index in [-0.39, 0.29) is 0 Å². The molecule has 3 heteroatoms. The highest BCUT2D eigenvalue weighted by Crippen LogP contribution is 2.30. The Balaban J connectivity index is 2.37. The summed E-state index contributed by atoms with van der Waals surface area (Å²) in [7, 11) is 0. The Morgan fingerprint density at radius 3 is 2.50 bits per heavy atom. The predicted molar refractivity (Wildman–Crippen MR) is 82.4 cm³/mol. The molecule has 2 aromatic carbocycles. The number of halogens is 1. The van der Waals surface area contributed by atoms with E-state index in [4.69, 9.17) is 5.73 Å². The van der Waals surface area contributed by atoms with Gasteiger partial charge in [-0.2, -0.15) is 0 Å². The zero-order valence-corrected chi connectivity index (χ0v) is 12.2. The second-order valence-electron chi connectivity index (χ2n) is 4.60. The maximum absolute atomic E-state index is 5.98. The molecule has 0 aliphatic heterocycles. The van der Waals surface area contributed by atoms with Gasteiger partial charge in [-0.15, -0.1) is 0 Å². The summed E-state index contributed by atoms with van der Waals surface area (Å²) in [6.07, 6.45) is 0. The van der Waals surface area contributed by atoms with E-state index in [1.54, 1.807) is 0 Å². The van der Waals surface area contributed by atoms with Crippen LogP contribution in [-0.2, 0) is 0 Å². The summed E-state index contributed by atoms with van der Waals surface area (Å²) >= 11 is 3.46. The molecule has 0 saturated carbocycles. The summed E-state index contributed by atoms with van der Waals surface area (Å²) in [6.45, 7) is 4.37.